The van der Waals surface area contributed by atoms with Crippen LogP contribution in [0.2, 0.25) is 0 Å². The number of hydrogen-bond acceptors (Lipinski definition) is 8. The Balaban J connectivity index is 1.43. The van der Waals surface area contributed by atoms with Crippen molar-refractivity contribution in [1.29, 1.82) is 0 Å². The molecule has 39 heavy (non-hydrogen) atoms. The number of hydrogen-bond donors (Lipinski definition) is 2. The molecular formula is C27H40F2O9S. The van der Waals surface area contributed by atoms with E-state index in [1.165, 1.54) is 0 Å². The lowest BCUT2D eigenvalue weighted by Crippen LogP contribution is -2.61. The number of halogens is 2. The normalized spacial score (nSPS) is 41.1. The first-order valence-corrected chi connectivity index (χ1v) is 15.3. The monoisotopic (exact) mass is 578 g/mol. The van der Waals surface area contributed by atoms with Crippen molar-refractivity contribution < 1.29 is 50.7 Å². The van der Waals surface area contributed by atoms with Gasteiger partial charge in [-0.05, 0) is 85.9 Å². The molecule has 1 unspecified atom stereocenters. The molecule has 0 aromatic carbocycles. The average Bonchev–Trinajstić information content (AvgIpc) is 3.21. The Kier molecular flexibility index (Phi) is 8.26. The number of aliphatic hydroxyl groups is 1. The molecule has 0 saturated heterocycles. The molecule has 222 valence electrons. The molecule has 0 amide bonds. The highest BCUT2D eigenvalue weighted by Crippen LogP contribution is 2.67. The highest BCUT2D eigenvalue weighted by atomic mass is 32.2. The van der Waals surface area contributed by atoms with Gasteiger partial charge in [0.05, 0.1) is 6.10 Å². The third-order valence-electron chi connectivity index (χ3n) is 11.1. The Bertz CT molecular complexity index is 1080. The first kappa shape index (κ1) is 30.3. The summed E-state index contributed by atoms with van der Waals surface area (Å²) in [6, 6.07) is 0. The van der Waals surface area contributed by atoms with Crippen LogP contribution < -0.4 is 0 Å². The lowest BCUT2D eigenvalue weighted by Gasteiger charge is -2.61. The Morgan fingerprint density at radius 1 is 1.21 bits per heavy atom. The molecule has 10 atom stereocenters. The molecule has 2 N–H and O–H groups in total. The molecule has 4 aliphatic carbocycles. The number of fused-ring (bicyclic) bond motifs is 5. The zero-order valence-electron chi connectivity index (χ0n) is 22.7. The van der Waals surface area contributed by atoms with E-state index in [1.807, 2.05) is 13.8 Å². The number of esters is 1. The van der Waals surface area contributed by atoms with Crippen LogP contribution in [-0.2, 0) is 34.0 Å². The van der Waals surface area contributed by atoms with E-state index in [9.17, 15) is 36.7 Å². The van der Waals surface area contributed by atoms with Gasteiger partial charge in [-0.25, -0.2) is 0 Å². The van der Waals surface area contributed by atoms with Crippen molar-refractivity contribution in [2.24, 2.45) is 46.3 Å². The molecule has 12 heteroatoms. The van der Waals surface area contributed by atoms with E-state index in [2.05, 4.69) is 11.7 Å². The molecule has 0 aromatic rings. The minimum absolute atomic E-state index is 0.00618. The maximum Gasteiger partial charge on any atom is 0.402 e. The number of aliphatic hydroxyl groups excluding tert-OH is 1. The average molecular weight is 579 g/mol. The highest BCUT2D eigenvalue weighted by Gasteiger charge is 2.66. The fourth-order valence-electron chi connectivity index (χ4n) is 8.90. The van der Waals surface area contributed by atoms with Crippen molar-refractivity contribution in [3.63, 3.8) is 0 Å². The van der Waals surface area contributed by atoms with Crippen LogP contribution in [0.3, 0.4) is 0 Å². The first-order chi connectivity index (χ1) is 18.1. The predicted molar refractivity (Wildman–Crippen MR) is 134 cm³/mol. The molecular weight excluding hydrogens is 538 g/mol. The van der Waals surface area contributed by atoms with Crippen LogP contribution in [0.4, 0.5) is 8.78 Å². The summed E-state index contributed by atoms with van der Waals surface area (Å²) in [6.45, 7) is 4.84. The Morgan fingerprint density at radius 3 is 2.54 bits per heavy atom. The lowest BCUT2D eigenvalue weighted by atomic mass is 9.43. The van der Waals surface area contributed by atoms with Gasteiger partial charge in [0.15, 0.2) is 6.61 Å². The van der Waals surface area contributed by atoms with E-state index in [0.29, 0.717) is 25.7 Å². The van der Waals surface area contributed by atoms with Crippen LogP contribution in [-0.4, -0.2) is 60.4 Å². The second-order valence-corrected chi connectivity index (χ2v) is 14.4. The summed E-state index contributed by atoms with van der Waals surface area (Å²) in [6.07, 6.45) is 4.09. The number of ether oxygens (including phenoxy) is 2. The van der Waals surface area contributed by atoms with E-state index in [4.69, 9.17) is 9.29 Å². The standard InChI is InChI=1S/C27H40F2O9S/c1-15(4-7-23(33)37-13-27(28,29)39(34,35)36)18-5-6-19-24-20(12-22(32)26(18,19)3)25(2)9-8-17(38-14-30)10-16(25)11-21(24)31/h14-21,24,31H,4-13H2,1-3H3,(H,34,35,36)/t15-,16?,17-,18-,19+,20+,21-,24+,25+,26-/m1/s1. The van der Waals surface area contributed by atoms with E-state index in [1.54, 1.807) is 0 Å². The molecule has 4 aliphatic rings. The first-order valence-electron chi connectivity index (χ1n) is 13.9. The van der Waals surface area contributed by atoms with Crippen molar-refractivity contribution in [3.05, 3.63) is 0 Å². The molecule has 0 radical (unpaired) electrons. The molecule has 0 aliphatic heterocycles. The molecule has 0 bridgehead atoms. The van der Waals surface area contributed by atoms with E-state index >= 15 is 0 Å². The second-order valence-electron chi connectivity index (χ2n) is 12.8. The maximum absolute atomic E-state index is 13.9. The van der Waals surface area contributed by atoms with Crippen LogP contribution in [0, 0.1) is 46.3 Å². The zero-order valence-corrected chi connectivity index (χ0v) is 23.5. The Hall–Kier alpha value is -1.66. The van der Waals surface area contributed by atoms with Crippen molar-refractivity contribution in [3.8, 4) is 0 Å². The summed E-state index contributed by atoms with van der Waals surface area (Å²) < 4.78 is 66.4. The van der Waals surface area contributed by atoms with E-state index in [-0.39, 0.29) is 65.7 Å². The summed E-state index contributed by atoms with van der Waals surface area (Å²) in [5.74, 6) is -0.833. The molecule has 4 fully saturated rings. The molecule has 4 saturated carbocycles. The summed E-state index contributed by atoms with van der Waals surface area (Å²) in [5, 5.41) is 6.82. The summed E-state index contributed by atoms with van der Waals surface area (Å²) >= 11 is 0. The fraction of sp³-hybridized carbons (Fsp3) is 0.889. The molecule has 0 spiro atoms. The van der Waals surface area contributed by atoms with Crippen molar-refractivity contribution in [2.75, 3.05) is 6.61 Å². The number of Topliss-reactive ketones (excluding diaryl/α,β-unsaturated/α-hetero) is 1. The van der Waals surface area contributed by atoms with Crippen LogP contribution in [0.25, 0.3) is 0 Å². The third-order valence-corrected chi connectivity index (χ3v) is 12.0. The van der Waals surface area contributed by atoms with Gasteiger partial charge < -0.3 is 14.6 Å². The molecule has 0 heterocycles. The summed E-state index contributed by atoms with van der Waals surface area (Å²) in [7, 11) is -5.69. The Labute approximate surface area is 228 Å². The molecule has 9 nitrogen and oxygen atoms in total. The number of alkyl halides is 2. The number of carbonyl (C=O) groups excluding carboxylic acids is 3. The molecule has 0 aromatic heterocycles. The largest absolute Gasteiger partial charge is 0.465 e. The minimum Gasteiger partial charge on any atom is -0.465 e. The smallest absolute Gasteiger partial charge is 0.402 e. The minimum atomic E-state index is -5.69. The van der Waals surface area contributed by atoms with E-state index in [0.717, 1.165) is 25.7 Å². The van der Waals surface area contributed by atoms with Gasteiger partial charge in [0.25, 0.3) is 6.47 Å². The van der Waals surface area contributed by atoms with Crippen LogP contribution in [0.1, 0.15) is 78.6 Å². The van der Waals surface area contributed by atoms with Crippen LogP contribution in [0.15, 0.2) is 0 Å². The number of carbonyl (C=O) groups is 3. The lowest BCUT2D eigenvalue weighted by molar-refractivity contribution is -0.183. The van der Waals surface area contributed by atoms with E-state index < -0.39 is 39.5 Å². The van der Waals surface area contributed by atoms with Crippen molar-refractivity contribution >= 4 is 28.3 Å². The van der Waals surface area contributed by atoms with Crippen molar-refractivity contribution in [2.45, 2.75) is 96.0 Å². The van der Waals surface area contributed by atoms with Gasteiger partial charge in [0, 0.05) is 18.3 Å². The van der Waals surface area contributed by atoms with Crippen LogP contribution in [0.5, 0.6) is 0 Å². The zero-order chi connectivity index (χ0) is 29.0. The SMILES string of the molecule is C[C@H](CCC(=O)OCC(F)(F)S(=O)(=O)O)[C@H]1CC[C@H]2[C@@H]3[C@H](O)CC4C[C@H](OC=O)CC[C@]4(C)[C@H]3CC(=O)[C@]12C. The van der Waals surface area contributed by atoms with Gasteiger partial charge in [-0.15, -0.1) is 0 Å². The second kappa shape index (κ2) is 10.6. The fourth-order valence-corrected chi connectivity index (χ4v) is 9.11. The molecule has 4 rings (SSSR count). The predicted octanol–water partition coefficient (Wildman–Crippen LogP) is 3.78. The highest BCUT2D eigenvalue weighted by molar-refractivity contribution is 7.86. The van der Waals surface area contributed by atoms with Crippen LogP contribution >= 0.6 is 0 Å². The van der Waals surface area contributed by atoms with Gasteiger partial charge >= 0.3 is 21.3 Å². The van der Waals surface area contributed by atoms with Gasteiger partial charge in [-0.2, -0.15) is 17.2 Å². The summed E-state index contributed by atoms with van der Waals surface area (Å²) in [5.41, 5.74) is -0.800. The third kappa shape index (κ3) is 5.25. The topological polar surface area (TPSA) is 144 Å². The van der Waals surface area contributed by atoms with Gasteiger partial charge in [-0.3, -0.25) is 18.9 Å². The van der Waals surface area contributed by atoms with Gasteiger partial charge in [-0.1, -0.05) is 20.8 Å². The van der Waals surface area contributed by atoms with Gasteiger partial charge in [0.1, 0.15) is 11.9 Å². The number of ketones is 1. The quantitative estimate of drug-likeness (QED) is 0.237. The van der Waals surface area contributed by atoms with Crippen molar-refractivity contribution in [1.82, 2.24) is 0 Å². The Morgan fingerprint density at radius 2 is 1.90 bits per heavy atom. The maximum atomic E-state index is 13.9. The van der Waals surface area contributed by atoms with Gasteiger partial charge in [0.2, 0.25) is 0 Å². The number of rotatable bonds is 9. The summed E-state index contributed by atoms with van der Waals surface area (Å²) in [4.78, 5) is 36.8.